The lowest BCUT2D eigenvalue weighted by Gasteiger charge is -2.17. The summed E-state index contributed by atoms with van der Waals surface area (Å²) in [7, 11) is 3.65. The number of anilines is 2. The van der Waals surface area contributed by atoms with E-state index in [9.17, 15) is 4.79 Å². The maximum absolute atomic E-state index is 13.8. The van der Waals surface area contributed by atoms with Gasteiger partial charge < -0.3 is 9.64 Å². The third-order valence-corrected chi connectivity index (χ3v) is 7.96. The summed E-state index contributed by atoms with van der Waals surface area (Å²) < 4.78 is 5.39. The zero-order chi connectivity index (χ0) is 23.1. The maximum Gasteiger partial charge on any atom is 0.274 e. The summed E-state index contributed by atoms with van der Waals surface area (Å²) in [5.41, 5.74) is 4.97. The van der Waals surface area contributed by atoms with Gasteiger partial charge in [-0.25, -0.2) is 4.99 Å². The van der Waals surface area contributed by atoms with Crippen molar-refractivity contribution in [1.82, 2.24) is 0 Å². The van der Waals surface area contributed by atoms with Gasteiger partial charge in [0.1, 0.15) is 10.7 Å². The van der Waals surface area contributed by atoms with Crippen LogP contribution >= 0.6 is 23.5 Å². The van der Waals surface area contributed by atoms with E-state index in [1.165, 1.54) is 17.3 Å². The van der Waals surface area contributed by atoms with E-state index in [4.69, 9.17) is 9.73 Å². The number of aliphatic imine (C=N–C) groups is 1. The normalized spacial score (nSPS) is 18.9. The first-order valence-electron chi connectivity index (χ1n) is 10.5. The number of hydrogen-bond acceptors (Lipinski definition) is 6. The van der Waals surface area contributed by atoms with Gasteiger partial charge in [0.15, 0.2) is 5.17 Å². The van der Waals surface area contributed by atoms with Crippen molar-refractivity contribution < 1.29 is 9.53 Å². The highest BCUT2D eigenvalue weighted by atomic mass is 32.2. The summed E-state index contributed by atoms with van der Waals surface area (Å²) in [6.45, 7) is 4.08. The van der Waals surface area contributed by atoms with E-state index in [0.29, 0.717) is 10.1 Å². The predicted molar refractivity (Wildman–Crippen MR) is 139 cm³/mol. The van der Waals surface area contributed by atoms with Crippen LogP contribution in [0.25, 0.3) is 0 Å². The van der Waals surface area contributed by atoms with Gasteiger partial charge in [0.05, 0.1) is 29.2 Å². The third-order valence-electron chi connectivity index (χ3n) is 5.57. The highest BCUT2D eigenvalue weighted by Gasteiger charge is 2.40. The van der Waals surface area contributed by atoms with Crippen LogP contribution in [0.3, 0.4) is 0 Å². The van der Waals surface area contributed by atoms with Gasteiger partial charge in [-0.3, -0.25) is 9.69 Å². The molecule has 2 heterocycles. The van der Waals surface area contributed by atoms with Crippen LogP contribution in [-0.4, -0.2) is 25.2 Å². The summed E-state index contributed by atoms with van der Waals surface area (Å²) in [5, 5.41) is 1.55. The molecule has 7 heteroatoms. The van der Waals surface area contributed by atoms with Gasteiger partial charge in [-0.15, -0.1) is 0 Å². The lowest BCUT2D eigenvalue weighted by atomic mass is 10.2. The molecule has 2 aliphatic rings. The Balaban J connectivity index is 1.59. The van der Waals surface area contributed by atoms with E-state index in [0.717, 1.165) is 38.3 Å². The van der Waals surface area contributed by atoms with E-state index < -0.39 is 0 Å². The number of carbonyl (C=O) groups excluding carboxylic acids is 1. The number of benzene rings is 3. The van der Waals surface area contributed by atoms with Gasteiger partial charge in [-0.1, -0.05) is 47.2 Å². The molecule has 5 rings (SSSR count). The molecule has 1 amide bonds. The molecule has 1 saturated heterocycles. The van der Waals surface area contributed by atoms with Crippen LogP contribution in [0.5, 0.6) is 5.75 Å². The first-order valence-corrected chi connectivity index (χ1v) is 12.2. The molecule has 0 spiro atoms. The summed E-state index contributed by atoms with van der Waals surface area (Å²) in [5.74, 6) is 0.726. The Morgan fingerprint density at radius 2 is 1.55 bits per heavy atom. The molecule has 3 aromatic carbocycles. The van der Waals surface area contributed by atoms with Gasteiger partial charge in [0.2, 0.25) is 0 Å². The smallest absolute Gasteiger partial charge is 0.274 e. The molecule has 0 radical (unpaired) electrons. The number of thioether (sulfide) groups is 2. The minimum atomic E-state index is -0.0659. The molecule has 5 nitrogen and oxygen atoms in total. The Kier molecular flexibility index (Phi) is 5.68. The van der Waals surface area contributed by atoms with Gasteiger partial charge in [0.25, 0.3) is 5.91 Å². The number of amides is 1. The number of amidine groups is 1. The van der Waals surface area contributed by atoms with Gasteiger partial charge in [-0.2, -0.15) is 0 Å². The Hall–Kier alpha value is -3.16. The number of rotatable bonds is 3. The van der Waals surface area contributed by atoms with Gasteiger partial charge in [-0.05, 0) is 62.0 Å². The number of hydrogen-bond donors (Lipinski definition) is 0. The van der Waals surface area contributed by atoms with Crippen LogP contribution in [0.1, 0.15) is 11.1 Å². The molecule has 166 valence electrons. The number of nitrogens with zero attached hydrogens (tertiary/aromatic N) is 3. The minimum absolute atomic E-state index is 0.0659. The number of carbonyl (C=O) groups is 1. The summed E-state index contributed by atoms with van der Waals surface area (Å²) in [4.78, 5) is 24.2. The molecule has 2 aliphatic heterocycles. The molecule has 0 atom stereocenters. The highest BCUT2D eigenvalue weighted by molar-refractivity contribution is 8.20. The molecule has 3 aromatic rings. The fraction of sp³-hybridized carbons (Fsp3) is 0.154. The lowest BCUT2D eigenvalue weighted by Crippen LogP contribution is -2.29. The van der Waals surface area contributed by atoms with Crippen molar-refractivity contribution in [1.29, 1.82) is 0 Å². The molecule has 0 N–H and O–H groups in total. The zero-order valence-electron chi connectivity index (χ0n) is 18.8. The molecule has 0 aliphatic carbocycles. The topological polar surface area (TPSA) is 45.1 Å². The van der Waals surface area contributed by atoms with Gasteiger partial charge in [0, 0.05) is 18.0 Å². The van der Waals surface area contributed by atoms with E-state index in [2.05, 4.69) is 4.90 Å². The second-order valence-electron chi connectivity index (χ2n) is 7.94. The van der Waals surface area contributed by atoms with E-state index >= 15 is 0 Å². The lowest BCUT2D eigenvalue weighted by molar-refractivity contribution is -0.113. The van der Waals surface area contributed by atoms with E-state index in [-0.39, 0.29) is 5.91 Å². The molecule has 33 heavy (non-hydrogen) atoms. The van der Waals surface area contributed by atoms with Crippen LogP contribution in [0, 0.1) is 13.8 Å². The van der Waals surface area contributed by atoms with Crippen molar-refractivity contribution in [3.05, 3.63) is 87.8 Å². The fourth-order valence-corrected chi connectivity index (χ4v) is 6.01. The molecular weight excluding hydrogens is 450 g/mol. The third kappa shape index (κ3) is 4.03. The van der Waals surface area contributed by atoms with Crippen LogP contribution in [-0.2, 0) is 4.79 Å². The van der Waals surface area contributed by atoms with Crippen molar-refractivity contribution in [3.8, 4) is 5.75 Å². The molecule has 0 aromatic heterocycles. The van der Waals surface area contributed by atoms with Crippen molar-refractivity contribution in [2.45, 2.75) is 18.7 Å². The standard InChI is InChI=1S/C26H23N3O2S2/c1-16-5-9-18(10-6-16)27-26-29(19-11-7-17(2)8-12-19)24(30)23(33-26)25-28(3)21-15-20(31-4)13-14-22(21)32-25/h5-15H,1-4H3. The summed E-state index contributed by atoms with van der Waals surface area (Å²) >= 11 is 3.02. The first kappa shape index (κ1) is 21.7. The number of methoxy groups -OCH3 is 1. The monoisotopic (exact) mass is 473 g/mol. The van der Waals surface area contributed by atoms with Crippen LogP contribution in [0.15, 0.2) is 86.6 Å². The van der Waals surface area contributed by atoms with Crippen molar-refractivity contribution in [2.75, 3.05) is 24.0 Å². The minimum Gasteiger partial charge on any atom is -0.497 e. The van der Waals surface area contributed by atoms with Crippen LogP contribution < -0.4 is 14.5 Å². The Morgan fingerprint density at radius 3 is 2.21 bits per heavy atom. The maximum atomic E-state index is 13.8. The highest BCUT2D eigenvalue weighted by Crippen LogP contribution is 2.51. The quantitative estimate of drug-likeness (QED) is 0.407. The average Bonchev–Trinajstić information content (AvgIpc) is 3.31. The fourth-order valence-electron chi connectivity index (χ4n) is 3.68. The number of ether oxygens (including phenoxy) is 1. The Bertz CT molecular complexity index is 1300. The molecule has 1 fully saturated rings. The SMILES string of the molecule is COc1ccc2c(c1)N(C)C(=C1SC(=Nc3ccc(C)cc3)N(c3ccc(C)cc3)C1=O)S2. The molecule has 0 unspecified atom stereocenters. The predicted octanol–water partition coefficient (Wildman–Crippen LogP) is 6.49. The van der Waals surface area contributed by atoms with Crippen molar-refractivity contribution in [3.63, 3.8) is 0 Å². The second kappa shape index (κ2) is 8.65. The van der Waals surface area contributed by atoms with Crippen molar-refractivity contribution >= 4 is 51.7 Å². The molecule has 0 bridgehead atoms. The van der Waals surface area contributed by atoms with Crippen molar-refractivity contribution in [2.24, 2.45) is 4.99 Å². The number of aryl methyl sites for hydroxylation is 2. The molecule has 0 saturated carbocycles. The largest absolute Gasteiger partial charge is 0.497 e. The summed E-state index contributed by atoms with van der Waals surface area (Å²) in [6, 6.07) is 22.0. The molecular formula is C26H23N3O2S2. The van der Waals surface area contributed by atoms with Crippen LogP contribution in [0.4, 0.5) is 17.1 Å². The Labute approximate surface area is 202 Å². The zero-order valence-corrected chi connectivity index (χ0v) is 20.5. The van der Waals surface area contributed by atoms with Gasteiger partial charge >= 0.3 is 0 Å². The van der Waals surface area contributed by atoms with E-state index in [1.807, 2.05) is 87.6 Å². The van der Waals surface area contributed by atoms with Crippen LogP contribution in [0.2, 0.25) is 0 Å². The average molecular weight is 474 g/mol. The number of fused-ring (bicyclic) bond motifs is 1. The Morgan fingerprint density at radius 1 is 0.879 bits per heavy atom. The second-order valence-corrected chi connectivity index (χ2v) is 9.95. The van der Waals surface area contributed by atoms with E-state index in [1.54, 1.807) is 23.8 Å². The summed E-state index contributed by atoms with van der Waals surface area (Å²) in [6.07, 6.45) is 0. The first-order chi connectivity index (χ1) is 15.9.